The number of nitrogens with one attached hydrogen (secondary N) is 1. The van der Waals surface area contributed by atoms with Gasteiger partial charge in [-0.2, -0.15) is 0 Å². The Balaban J connectivity index is 1.82. The molecule has 0 bridgehead atoms. The lowest BCUT2D eigenvalue weighted by atomic mass is 10.0. The Morgan fingerprint density at radius 1 is 0.844 bits per heavy atom. The number of aryl methyl sites for hydroxylation is 1. The molecule has 0 unspecified atom stereocenters. The van der Waals surface area contributed by atoms with Crippen LogP contribution in [-0.2, 0) is 32.6 Å². The van der Waals surface area contributed by atoms with Crippen molar-refractivity contribution in [2.45, 2.75) is 57.1 Å². The molecule has 0 spiro atoms. The molecule has 2 amide bonds. The van der Waals surface area contributed by atoms with Crippen molar-refractivity contribution < 1.29 is 18.0 Å². The zero-order chi connectivity index (χ0) is 32.6. The van der Waals surface area contributed by atoms with Crippen LogP contribution in [0.15, 0.2) is 108 Å². The van der Waals surface area contributed by atoms with E-state index in [2.05, 4.69) is 5.32 Å². The van der Waals surface area contributed by atoms with Crippen molar-refractivity contribution in [3.8, 4) is 0 Å². The number of nitrogens with zero attached hydrogens (tertiary/aromatic N) is 2. The van der Waals surface area contributed by atoms with Gasteiger partial charge in [-0.25, -0.2) is 8.42 Å². The maximum atomic E-state index is 14.5. The van der Waals surface area contributed by atoms with Crippen LogP contribution >= 0.6 is 23.2 Å². The van der Waals surface area contributed by atoms with Crippen LogP contribution < -0.4 is 9.62 Å². The van der Waals surface area contributed by atoms with Crippen molar-refractivity contribution in [3.63, 3.8) is 0 Å². The van der Waals surface area contributed by atoms with E-state index in [-0.39, 0.29) is 45.5 Å². The monoisotopic (exact) mass is 665 g/mol. The van der Waals surface area contributed by atoms with Crippen molar-refractivity contribution in [3.05, 3.63) is 130 Å². The first-order valence-electron chi connectivity index (χ1n) is 14.7. The number of hydrogen-bond donors (Lipinski definition) is 1. The molecule has 0 heterocycles. The first-order chi connectivity index (χ1) is 21.5. The minimum atomic E-state index is -4.30. The lowest BCUT2D eigenvalue weighted by Gasteiger charge is -2.34. The Morgan fingerprint density at radius 2 is 1.44 bits per heavy atom. The number of halogens is 2. The molecule has 0 aliphatic carbocycles. The van der Waals surface area contributed by atoms with Gasteiger partial charge in [-0.3, -0.25) is 13.9 Å². The largest absolute Gasteiger partial charge is 0.352 e. The van der Waals surface area contributed by atoms with E-state index >= 15 is 0 Å². The van der Waals surface area contributed by atoms with Crippen molar-refractivity contribution in [1.82, 2.24) is 10.2 Å². The highest BCUT2D eigenvalue weighted by molar-refractivity contribution is 7.92. The van der Waals surface area contributed by atoms with Gasteiger partial charge in [0.25, 0.3) is 10.0 Å². The molecule has 0 saturated heterocycles. The quantitative estimate of drug-likeness (QED) is 0.166. The predicted octanol–water partition coefficient (Wildman–Crippen LogP) is 7.05. The minimum absolute atomic E-state index is 0.0121. The van der Waals surface area contributed by atoms with E-state index < -0.39 is 28.5 Å². The molecule has 1 N–H and O–H groups in total. The van der Waals surface area contributed by atoms with E-state index in [9.17, 15) is 18.0 Å². The second-order valence-corrected chi connectivity index (χ2v) is 13.7. The van der Waals surface area contributed by atoms with Crippen LogP contribution in [0, 0.1) is 6.92 Å². The third kappa shape index (κ3) is 8.87. The highest BCUT2D eigenvalue weighted by Crippen LogP contribution is 2.33. The van der Waals surface area contributed by atoms with Crippen LogP contribution in [-0.4, -0.2) is 43.8 Å². The number of amides is 2. The maximum Gasteiger partial charge on any atom is 0.264 e. The molecule has 45 heavy (non-hydrogen) atoms. The van der Waals surface area contributed by atoms with Gasteiger partial charge in [0.2, 0.25) is 11.8 Å². The second kappa shape index (κ2) is 15.4. The zero-order valence-corrected chi connectivity index (χ0v) is 27.8. The fourth-order valence-corrected chi connectivity index (χ4v) is 6.66. The Bertz CT molecular complexity index is 1700. The molecule has 236 valence electrons. The fraction of sp³-hybridized carbons (Fsp3) is 0.257. The molecule has 4 aromatic rings. The normalized spacial score (nSPS) is 12.6. The van der Waals surface area contributed by atoms with Crippen molar-refractivity contribution in [2.24, 2.45) is 0 Å². The summed E-state index contributed by atoms with van der Waals surface area (Å²) in [5, 5.41) is 3.39. The molecule has 4 aromatic carbocycles. The topological polar surface area (TPSA) is 86.8 Å². The molecule has 4 rings (SSSR count). The molecule has 0 saturated carbocycles. The Labute approximate surface area is 275 Å². The predicted molar refractivity (Wildman–Crippen MR) is 181 cm³/mol. The molecule has 0 radical (unpaired) electrons. The summed E-state index contributed by atoms with van der Waals surface area (Å²) in [6.45, 7) is 5.17. The standard InChI is InChI=1S/C35H37Cl2N3O4S/c1-4-26(3)38-35(42)33(21-27-11-7-5-8-12-27)39(23-28-13-9-6-10-14-28)34(41)24-40(32-22-29(36)17-20-31(32)37)45(43,44)30-18-15-25(2)16-19-30/h5-20,22,26,33H,4,21,23-24H2,1-3H3,(H,38,42)/t26-,33-/m1/s1. The van der Waals surface area contributed by atoms with E-state index in [1.165, 1.54) is 29.2 Å². The Morgan fingerprint density at radius 3 is 2.04 bits per heavy atom. The molecule has 10 heteroatoms. The summed E-state index contributed by atoms with van der Waals surface area (Å²) >= 11 is 12.8. The van der Waals surface area contributed by atoms with Crippen LogP contribution in [0.4, 0.5) is 5.69 Å². The third-order valence-electron chi connectivity index (χ3n) is 7.53. The zero-order valence-electron chi connectivity index (χ0n) is 25.5. The van der Waals surface area contributed by atoms with E-state index in [4.69, 9.17) is 23.2 Å². The van der Waals surface area contributed by atoms with Gasteiger partial charge in [0.15, 0.2) is 0 Å². The third-order valence-corrected chi connectivity index (χ3v) is 9.86. The van der Waals surface area contributed by atoms with Crippen LogP contribution in [0.2, 0.25) is 10.0 Å². The number of carbonyl (C=O) groups excluding carboxylic acids is 2. The fourth-order valence-electron chi connectivity index (χ4n) is 4.80. The summed E-state index contributed by atoms with van der Waals surface area (Å²) in [5.74, 6) is -0.906. The van der Waals surface area contributed by atoms with Gasteiger partial charge in [-0.05, 0) is 61.7 Å². The molecule has 2 atom stereocenters. The van der Waals surface area contributed by atoms with Crippen molar-refractivity contribution >= 4 is 50.7 Å². The summed E-state index contributed by atoms with van der Waals surface area (Å²) < 4.78 is 29.3. The minimum Gasteiger partial charge on any atom is -0.352 e. The molecule has 0 aliphatic heterocycles. The van der Waals surface area contributed by atoms with E-state index in [0.717, 1.165) is 21.0 Å². The Kier molecular flexibility index (Phi) is 11.7. The number of anilines is 1. The van der Waals surface area contributed by atoms with Crippen LogP contribution in [0.3, 0.4) is 0 Å². The summed E-state index contributed by atoms with van der Waals surface area (Å²) in [7, 11) is -4.30. The van der Waals surface area contributed by atoms with Crippen LogP contribution in [0.5, 0.6) is 0 Å². The first-order valence-corrected chi connectivity index (χ1v) is 16.9. The maximum absolute atomic E-state index is 14.5. The molecular formula is C35H37Cl2N3O4S. The highest BCUT2D eigenvalue weighted by Gasteiger charge is 2.35. The van der Waals surface area contributed by atoms with Gasteiger partial charge in [0.05, 0.1) is 15.6 Å². The average Bonchev–Trinajstić information content (AvgIpc) is 3.03. The van der Waals surface area contributed by atoms with Crippen molar-refractivity contribution in [1.29, 1.82) is 0 Å². The van der Waals surface area contributed by atoms with Gasteiger partial charge < -0.3 is 10.2 Å². The average molecular weight is 667 g/mol. The van der Waals surface area contributed by atoms with Gasteiger partial charge >= 0.3 is 0 Å². The van der Waals surface area contributed by atoms with E-state index in [1.54, 1.807) is 18.2 Å². The summed E-state index contributed by atoms with van der Waals surface area (Å²) in [5.41, 5.74) is 2.58. The summed E-state index contributed by atoms with van der Waals surface area (Å²) in [4.78, 5) is 29.8. The highest BCUT2D eigenvalue weighted by atomic mass is 35.5. The second-order valence-electron chi connectivity index (χ2n) is 11.0. The Hall–Kier alpha value is -3.85. The lowest BCUT2D eigenvalue weighted by molar-refractivity contribution is -0.140. The number of hydrogen-bond acceptors (Lipinski definition) is 4. The van der Waals surface area contributed by atoms with Gasteiger partial charge in [0, 0.05) is 24.0 Å². The lowest BCUT2D eigenvalue weighted by Crippen LogP contribution is -2.54. The SMILES string of the molecule is CC[C@@H](C)NC(=O)[C@@H](Cc1ccccc1)N(Cc1ccccc1)C(=O)CN(c1cc(Cl)ccc1Cl)S(=O)(=O)c1ccc(C)cc1. The molecule has 0 fully saturated rings. The van der Waals surface area contributed by atoms with Crippen molar-refractivity contribution in [2.75, 3.05) is 10.8 Å². The molecular weight excluding hydrogens is 629 g/mol. The molecule has 0 aliphatic rings. The van der Waals surface area contributed by atoms with Gasteiger partial charge in [-0.1, -0.05) is 108 Å². The number of rotatable bonds is 13. The number of carbonyl (C=O) groups is 2. The smallest absolute Gasteiger partial charge is 0.264 e. The summed E-state index contributed by atoms with van der Waals surface area (Å²) in [6, 6.07) is 28.4. The molecule has 7 nitrogen and oxygen atoms in total. The van der Waals surface area contributed by atoms with Crippen LogP contribution in [0.25, 0.3) is 0 Å². The van der Waals surface area contributed by atoms with Crippen LogP contribution in [0.1, 0.15) is 37.0 Å². The van der Waals surface area contributed by atoms with E-state index in [1.807, 2.05) is 81.4 Å². The number of benzene rings is 4. The first kappa shape index (κ1) is 34.0. The summed E-state index contributed by atoms with van der Waals surface area (Å²) in [6.07, 6.45) is 0.927. The molecule has 0 aromatic heterocycles. The van der Waals surface area contributed by atoms with E-state index in [0.29, 0.717) is 6.42 Å². The number of sulfonamides is 1. The van der Waals surface area contributed by atoms with Gasteiger partial charge in [0.1, 0.15) is 12.6 Å². The van der Waals surface area contributed by atoms with Gasteiger partial charge in [-0.15, -0.1) is 0 Å².